The average Bonchev–Trinajstić information content (AvgIpc) is 2.93. The number of aliphatic hydroxyl groups excluding tert-OH is 2. The first-order valence-electron chi connectivity index (χ1n) is 13.0. The number of aliphatic hydroxyl groups is 2. The van der Waals surface area contributed by atoms with E-state index >= 15 is 0 Å². The lowest BCUT2D eigenvalue weighted by Gasteiger charge is -2.45. The molecule has 1 saturated carbocycles. The maximum Gasteiger partial charge on any atom is 0.249 e. The Bertz CT molecular complexity index is 1010. The van der Waals surface area contributed by atoms with Crippen LogP contribution in [0.15, 0.2) is 23.8 Å². The van der Waals surface area contributed by atoms with Gasteiger partial charge in [0.25, 0.3) is 0 Å². The minimum absolute atomic E-state index is 0.0728. The third-order valence-corrected chi connectivity index (χ3v) is 7.70. The summed E-state index contributed by atoms with van der Waals surface area (Å²) < 4.78 is 17.7. The molecule has 3 rings (SSSR count). The van der Waals surface area contributed by atoms with Crippen molar-refractivity contribution < 1.29 is 38.8 Å². The van der Waals surface area contributed by atoms with E-state index in [0.29, 0.717) is 39.1 Å². The Labute approximate surface area is 236 Å². The molecule has 0 heterocycles. The highest BCUT2D eigenvalue weighted by Crippen LogP contribution is 2.38. The number of nitrogens with zero attached hydrogens (tertiary/aromatic N) is 1. The number of halogens is 1. The maximum atomic E-state index is 13.4. The van der Waals surface area contributed by atoms with Gasteiger partial charge in [0.1, 0.15) is 25.1 Å². The van der Waals surface area contributed by atoms with Gasteiger partial charge in [0, 0.05) is 36.8 Å². The van der Waals surface area contributed by atoms with Crippen molar-refractivity contribution in [3.05, 3.63) is 32.9 Å². The molecule has 210 valence electrons. The highest BCUT2D eigenvalue weighted by molar-refractivity contribution is 14.1. The van der Waals surface area contributed by atoms with Gasteiger partial charge in [-0.15, -0.1) is 0 Å². The first-order chi connectivity index (χ1) is 18.3. The van der Waals surface area contributed by atoms with Gasteiger partial charge in [-0.1, -0.05) is 19.3 Å². The van der Waals surface area contributed by atoms with E-state index in [-0.39, 0.29) is 38.1 Å². The van der Waals surface area contributed by atoms with Gasteiger partial charge < -0.3 is 34.6 Å². The van der Waals surface area contributed by atoms with Gasteiger partial charge in [0.2, 0.25) is 11.8 Å². The summed E-state index contributed by atoms with van der Waals surface area (Å²) in [5, 5.41) is 23.5. The Morgan fingerprint density at radius 1 is 1.24 bits per heavy atom. The van der Waals surface area contributed by atoms with Crippen molar-refractivity contribution in [3.63, 3.8) is 0 Å². The summed E-state index contributed by atoms with van der Waals surface area (Å²) in [5.74, 6) is -0.00591. The van der Waals surface area contributed by atoms with Crippen molar-refractivity contribution in [2.24, 2.45) is 0 Å². The molecular formula is C27H37IN2O8. The molecule has 11 heteroatoms. The number of ether oxygens (including phenoxy) is 3. The summed E-state index contributed by atoms with van der Waals surface area (Å²) in [5.41, 5.74) is 0.757. The third-order valence-electron chi connectivity index (χ3n) is 6.90. The molecular weight excluding hydrogens is 607 g/mol. The summed E-state index contributed by atoms with van der Waals surface area (Å²) in [6, 6.07) is 2.36. The van der Waals surface area contributed by atoms with Gasteiger partial charge in [-0.3, -0.25) is 14.4 Å². The van der Waals surface area contributed by atoms with E-state index in [1.165, 1.54) is 13.2 Å². The smallest absolute Gasteiger partial charge is 0.249 e. The molecule has 1 aromatic rings. The fraction of sp³-hybridized carbons (Fsp3) is 0.593. The van der Waals surface area contributed by atoms with Gasteiger partial charge in [-0.25, -0.2) is 0 Å². The van der Waals surface area contributed by atoms with E-state index in [1.54, 1.807) is 17.0 Å². The summed E-state index contributed by atoms with van der Waals surface area (Å²) in [4.78, 5) is 39.5. The largest absolute Gasteiger partial charge is 0.493 e. The van der Waals surface area contributed by atoms with E-state index < -0.39 is 24.2 Å². The number of methoxy groups -OCH3 is 1. The molecule has 2 aliphatic rings. The molecule has 0 aliphatic heterocycles. The van der Waals surface area contributed by atoms with E-state index in [9.17, 15) is 24.6 Å². The first kappa shape index (κ1) is 30.3. The van der Waals surface area contributed by atoms with Crippen LogP contribution in [-0.2, 0) is 14.3 Å². The third kappa shape index (κ3) is 7.45. The number of carbonyl (C=O) groups excluding carboxylic acids is 3. The van der Waals surface area contributed by atoms with Crippen molar-refractivity contribution in [1.29, 1.82) is 0 Å². The number of carbonyl (C=O) groups is 3. The lowest BCUT2D eigenvalue weighted by Crippen LogP contribution is -2.59. The molecule has 0 spiro atoms. The zero-order valence-corrected chi connectivity index (χ0v) is 24.0. The molecule has 3 atom stereocenters. The second-order valence-electron chi connectivity index (χ2n) is 9.40. The molecule has 1 fully saturated rings. The molecule has 1 aromatic carbocycles. The number of hydrogen-bond donors (Lipinski definition) is 3. The minimum atomic E-state index is -1.15. The molecule has 0 bridgehead atoms. The van der Waals surface area contributed by atoms with Crippen LogP contribution in [0.2, 0.25) is 0 Å². The first-order valence-corrected chi connectivity index (χ1v) is 14.1. The minimum Gasteiger partial charge on any atom is -0.493 e. The van der Waals surface area contributed by atoms with Crippen LogP contribution >= 0.6 is 22.6 Å². The highest BCUT2D eigenvalue weighted by Gasteiger charge is 2.43. The normalized spacial score (nSPS) is 21.8. The molecule has 0 aromatic heterocycles. The second-order valence-corrected chi connectivity index (χ2v) is 10.6. The van der Waals surface area contributed by atoms with Crippen LogP contribution in [0.1, 0.15) is 55.8 Å². The molecule has 3 N–H and O–H groups in total. The van der Waals surface area contributed by atoms with Crippen molar-refractivity contribution in [2.75, 3.05) is 33.5 Å². The van der Waals surface area contributed by atoms with E-state index in [4.69, 9.17) is 14.2 Å². The number of benzene rings is 1. The Morgan fingerprint density at radius 3 is 2.61 bits per heavy atom. The van der Waals surface area contributed by atoms with Crippen LogP contribution in [0, 0.1) is 3.57 Å². The van der Waals surface area contributed by atoms with Crippen LogP contribution in [0.5, 0.6) is 11.5 Å². The molecule has 0 saturated heterocycles. The summed E-state index contributed by atoms with van der Waals surface area (Å²) in [7, 11) is 1.45. The quantitative estimate of drug-likeness (QED) is 0.233. The van der Waals surface area contributed by atoms with Crippen LogP contribution in [0.4, 0.5) is 0 Å². The van der Waals surface area contributed by atoms with E-state index in [0.717, 1.165) is 32.1 Å². The zero-order valence-electron chi connectivity index (χ0n) is 21.9. The predicted octanol–water partition coefficient (Wildman–Crippen LogP) is 2.23. The number of hydrogen-bond acceptors (Lipinski definition) is 8. The Hall–Kier alpha value is -2.22. The van der Waals surface area contributed by atoms with Crippen LogP contribution in [0.3, 0.4) is 0 Å². The van der Waals surface area contributed by atoms with E-state index in [2.05, 4.69) is 5.32 Å². The van der Waals surface area contributed by atoms with Gasteiger partial charge in [-0.2, -0.15) is 0 Å². The number of nitrogens with one attached hydrogen (secondary N) is 1. The number of amides is 2. The number of aldehydes is 1. The van der Waals surface area contributed by atoms with E-state index in [1.807, 2.05) is 29.5 Å². The van der Waals surface area contributed by atoms with Crippen LogP contribution < -0.4 is 14.8 Å². The van der Waals surface area contributed by atoms with Crippen molar-refractivity contribution >= 4 is 40.7 Å². The Balaban J connectivity index is 2.01. The van der Waals surface area contributed by atoms with Crippen LogP contribution in [0.25, 0.3) is 0 Å². The van der Waals surface area contributed by atoms with Gasteiger partial charge >= 0.3 is 0 Å². The molecule has 10 nitrogen and oxygen atoms in total. The van der Waals surface area contributed by atoms with Gasteiger partial charge in [0.15, 0.2) is 11.5 Å². The molecule has 38 heavy (non-hydrogen) atoms. The lowest BCUT2D eigenvalue weighted by molar-refractivity contribution is -0.147. The molecule has 2 amide bonds. The topological polar surface area (TPSA) is 135 Å². The van der Waals surface area contributed by atoms with Crippen molar-refractivity contribution in [1.82, 2.24) is 10.2 Å². The highest BCUT2D eigenvalue weighted by atomic mass is 127. The van der Waals surface area contributed by atoms with Gasteiger partial charge in [0.05, 0.1) is 23.3 Å². The lowest BCUT2D eigenvalue weighted by atomic mass is 9.85. The monoisotopic (exact) mass is 644 g/mol. The zero-order chi connectivity index (χ0) is 27.7. The SMILES string of the molecule is CCOCC(=O)N(C1CCCCC1)C1CC(C(=O)NCCO)=CC(Oc2c(I)cc(C=O)cc2OC)C1O. The average molecular weight is 645 g/mol. The van der Waals surface area contributed by atoms with Crippen LogP contribution in [-0.4, -0.2) is 91.0 Å². The summed E-state index contributed by atoms with van der Waals surface area (Å²) in [6.45, 7) is 1.94. The summed E-state index contributed by atoms with van der Waals surface area (Å²) in [6.07, 6.45) is 4.91. The number of rotatable bonds is 12. The Morgan fingerprint density at radius 2 is 1.97 bits per heavy atom. The fourth-order valence-corrected chi connectivity index (χ4v) is 5.84. The second kappa shape index (κ2) is 14.8. The molecule has 2 aliphatic carbocycles. The van der Waals surface area contributed by atoms with Gasteiger partial charge in [-0.05, 0) is 60.6 Å². The fourth-order valence-electron chi connectivity index (χ4n) is 5.09. The Kier molecular flexibility index (Phi) is 11.8. The predicted molar refractivity (Wildman–Crippen MR) is 148 cm³/mol. The standard InChI is InChI=1S/C27H37IN2O8/c1-3-37-16-24(33)30(19-7-5-4-6-8-19)21-13-18(27(35)29-9-10-31)14-22(25(21)34)38-26-20(28)11-17(15-32)12-23(26)36-2/h11-12,14-15,19,21-22,25,31,34H,3-10,13,16H2,1-2H3,(H,29,35). The molecule has 0 radical (unpaired) electrons. The van der Waals surface area contributed by atoms with Crippen molar-refractivity contribution in [2.45, 2.75) is 69.7 Å². The maximum absolute atomic E-state index is 13.4. The summed E-state index contributed by atoms with van der Waals surface area (Å²) >= 11 is 2.02. The molecule has 3 unspecified atom stereocenters. The van der Waals surface area contributed by atoms with Crippen molar-refractivity contribution in [3.8, 4) is 11.5 Å².